The van der Waals surface area contributed by atoms with Gasteiger partial charge in [0.25, 0.3) is 23.6 Å². The van der Waals surface area contributed by atoms with E-state index >= 15 is 0 Å². The number of aliphatic hydroxyl groups excluding tert-OH is 1. The molecule has 0 bridgehead atoms. The van der Waals surface area contributed by atoms with Gasteiger partial charge in [-0.25, -0.2) is 10.0 Å². The number of carbonyl (C=O) groups excluding carboxylic acids is 12. The number of phenolic OH excluding ortho intramolecular Hbond substituents is 1. The number of nitrogens with one attached hydrogen (secondary N) is 4. The van der Waals surface area contributed by atoms with Gasteiger partial charge in [0, 0.05) is 65.5 Å². The van der Waals surface area contributed by atoms with Crippen LogP contribution in [-0.4, -0.2) is 151 Å². The van der Waals surface area contributed by atoms with Crippen LogP contribution in [0.15, 0.2) is 24.3 Å². The lowest BCUT2D eigenvalue weighted by atomic mass is 10.0. The van der Waals surface area contributed by atoms with Crippen molar-refractivity contribution in [2.75, 3.05) is 13.1 Å². The Morgan fingerprint density at radius 1 is 0.634 bits per heavy atom. The van der Waals surface area contributed by atoms with Gasteiger partial charge in [-0.2, -0.15) is 0 Å². The monoisotopic (exact) mass is 1070 g/mol. The van der Waals surface area contributed by atoms with Gasteiger partial charge in [0.2, 0.25) is 23.6 Å². The highest BCUT2D eigenvalue weighted by Gasteiger charge is 2.47. The van der Waals surface area contributed by atoms with Crippen LogP contribution in [0.2, 0.25) is 20.1 Å². The van der Waals surface area contributed by atoms with Crippen LogP contribution in [0.5, 0.6) is 5.75 Å². The number of halogens is 4. The van der Waals surface area contributed by atoms with Crippen LogP contribution in [0.25, 0.3) is 0 Å². The molecule has 0 spiro atoms. The van der Waals surface area contributed by atoms with E-state index < -0.39 is 84.1 Å². The SMILES string of the molecule is CC(=O)C[C@@H](C=O)NC(=O)[C@@H]1CCCN2C(=O)CC[C@H](NC(=O)c3cc(Cl)c(CO)c(Cl)c3)C(=O)N12.CC(=O)C[C@@H](C=O)NC(=O)[C@@H]1CCCN2C(=O)CC[C@H](NC(=O)c3cc(Cl)c(O)c(Cl)c3)C(=O)N12. The van der Waals surface area contributed by atoms with E-state index in [1.807, 2.05) is 0 Å². The van der Waals surface area contributed by atoms with Crippen molar-refractivity contribution in [3.8, 4) is 5.75 Å². The van der Waals surface area contributed by atoms with E-state index in [0.29, 0.717) is 25.4 Å². The molecule has 2 aromatic carbocycles. The number of aromatic hydroxyl groups is 1. The van der Waals surface area contributed by atoms with Crippen molar-refractivity contribution in [1.29, 1.82) is 0 Å². The van der Waals surface area contributed by atoms with Crippen LogP contribution in [0.1, 0.15) is 104 Å². The fourth-order valence-corrected chi connectivity index (χ4v) is 9.41. The second kappa shape index (κ2) is 24.8. The average molecular weight is 1070 g/mol. The maximum Gasteiger partial charge on any atom is 0.264 e. The highest BCUT2D eigenvalue weighted by Crippen LogP contribution is 2.33. The number of rotatable bonds is 15. The summed E-state index contributed by atoms with van der Waals surface area (Å²) in [7, 11) is 0. The molecule has 0 unspecified atom stereocenters. The summed E-state index contributed by atoms with van der Waals surface area (Å²) in [5.74, 6) is -5.84. The Morgan fingerprint density at radius 2 is 1.00 bits per heavy atom. The van der Waals surface area contributed by atoms with Crippen molar-refractivity contribution < 1.29 is 67.7 Å². The Kier molecular flexibility index (Phi) is 19.4. The first-order valence-corrected chi connectivity index (χ1v) is 23.8. The third-order valence-corrected chi connectivity index (χ3v) is 13.0. The maximum atomic E-state index is 13.5. The number of aliphatic hydroxyl groups is 1. The van der Waals surface area contributed by atoms with Crippen LogP contribution in [0.4, 0.5) is 0 Å². The van der Waals surface area contributed by atoms with Gasteiger partial charge in [-0.15, -0.1) is 0 Å². The molecule has 0 saturated carbocycles. The second-order valence-corrected chi connectivity index (χ2v) is 18.7. The van der Waals surface area contributed by atoms with Gasteiger partial charge in [-0.1, -0.05) is 46.4 Å². The van der Waals surface area contributed by atoms with Gasteiger partial charge < -0.3 is 41.1 Å². The van der Waals surface area contributed by atoms with Crippen molar-refractivity contribution in [2.45, 2.75) is 121 Å². The van der Waals surface area contributed by atoms with Crippen molar-refractivity contribution >= 4 is 118 Å². The molecule has 6 rings (SSSR count). The molecule has 382 valence electrons. The van der Waals surface area contributed by atoms with E-state index in [9.17, 15) is 67.7 Å². The molecule has 6 atom stereocenters. The fourth-order valence-electron chi connectivity index (χ4n) is 8.32. The summed E-state index contributed by atoms with van der Waals surface area (Å²) in [5, 5.41) is 33.4. The molecule has 6 N–H and O–H groups in total. The molecule has 0 radical (unpaired) electrons. The van der Waals surface area contributed by atoms with Gasteiger partial charge in [-0.3, -0.25) is 58.0 Å². The standard InChI is InChI=1S/C23H26Cl2N4O7.C22H24Cl2N4O7/c1-12(32)7-14(10-30)26-22(35)19-3-2-6-28-20(33)5-4-18(23(36)29(19)28)27-21(34)13-8-16(24)15(11-31)17(25)9-13;1-11(30)7-13(10-29)25-21(34)17-3-2-6-27-18(31)5-4-16(22(35)28(17)27)26-20(33)12-8-14(23)19(32)15(24)9-12/h8-10,14,18-19,31H,2-7,11H2,1H3,(H,26,35)(H,27,34);8-10,13,16-17,32H,2-7H2,1H3,(H,25,34)(H,26,33)/t14-,18-,19-;13-,16-,17-/m00/s1. The number of aldehydes is 2. The van der Waals surface area contributed by atoms with Crippen LogP contribution in [0.3, 0.4) is 0 Å². The predicted octanol–water partition coefficient (Wildman–Crippen LogP) is 1.76. The van der Waals surface area contributed by atoms with Crippen LogP contribution in [-0.2, 0) is 54.6 Å². The molecular formula is C45H50Cl4N8O14. The number of ketones is 2. The zero-order valence-electron chi connectivity index (χ0n) is 38.2. The highest BCUT2D eigenvalue weighted by molar-refractivity contribution is 6.38. The van der Waals surface area contributed by atoms with E-state index in [4.69, 9.17) is 46.4 Å². The number of hydrogen-bond donors (Lipinski definition) is 6. The second-order valence-electron chi connectivity index (χ2n) is 17.0. The number of hydrogen-bond acceptors (Lipinski definition) is 14. The molecule has 4 aliphatic heterocycles. The van der Waals surface area contributed by atoms with E-state index in [1.165, 1.54) is 48.1 Å². The maximum absolute atomic E-state index is 13.5. The summed E-state index contributed by atoms with van der Waals surface area (Å²) in [6, 6.07) is -1.63. The highest BCUT2D eigenvalue weighted by atomic mass is 35.5. The minimum atomic E-state index is -1.14. The van der Waals surface area contributed by atoms with Crippen LogP contribution in [0, 0.1) is 0 Å². The summed E-state index contributed by atoms with van der Waals surface area (Å²) in [4.78, 5) is 150. The minimum Gasteiger partial charge on any atom is -0.505 e. The number of benzene rings is 2. The first-order valence-electron chi connectivity index (χ1n) is 22.3. The van der Waals surface area contributed by atoms with E-state index in [2.05, 4.69) is 21.3 Å². The molecule has 0 aromatic heterocycles. The molecule has 4 heterocycles. The minimum absolute atomic E-state index is 0.00222. The summed E-state index contributed by atoms with van der Waals surface area (Å²) in [5.41, 5.74) is 0.291. The number of phenols is 1. The molecule has 8 amide bonds. The van der Waals surface area contributed by atoms with Crippen molar-refractivity contribution in [3.63, 3.8) is 0 Å². The smallest absolute Gasteiger partial charge is 0.264 e. The predicted molar refractivity (Wildman–Crippen MR) is 251 cm³/mol. The number of carbonyl (C=O) groups is 12. The van der Waals surface area contributed by atoms with Gasteiger partial charge in [-0.05, 0) is 76.6 Å². The zero-order valence-corrected chi connectivity index (χ0v) is 41.2. The topological polar surface area (TPSA) is 306 Å². The molecule has 4 aliphatic rings. The van der Waals surface area contributed by atoms with Crippen molar-refractivity contribution in [2.24, 2.45) is 0 Å². The fraction of sp³-hybridized carbons (Fsp3) is 0.467. The number of nitrogens with zero attached hydrogens (tertiary/aromatic N) is 4. The Labute approximate surface area is 425 Å². The van der Waals surface area contributed by atoms with Gasteiger partial charge in [0.05, 0.1) is 28.7 Å². The Balaban J connectivity index is 0.000000264. The van der Waals surface area contributed by atoms with Crippen molar-refractivity contribution in [1.82, 2.24) is 41.3 Å². The number of hydrazine groups is 2. The van der Waals surface area contributed by atoms with E-state index in [-0.39, 0.29) is 125 Å². The summed E-state index contributed by atoms with van der Waals surface area (Å²) < 4.78 is 0. The van der Waals surface area contributed by atoms with Gasteiger partial charge >= 0.3 is 0 Å². The lowest BCUT2D eigenvalue weighted by Crippen LogP contribution is -2.64. The average Bonchev–Trinajstić information content (AvgIpc) is 3.52. The molecule has 4 saturated heterocycles. The van der Waals surface area contributed by atoms with Crippen LogP contribution < -0.4 is 21.3 Å². The molecule has 4 fully saturated rings. The summed E-state index contributed by atoms with van der Waals surface area (Å²) in [6.07, 6.45) is 1.69. The number of amides is 8. The first-order chi connectivity index (χ1) is 33.6. The summed E-state index contributed by atoms with van der Waals surface area (Å²) in [6.45, 7) is 2.57. The Bertz CT molecular complexity index is 2470. The normalized spacial score (nSPS) is 20.9. The lowest BCUT2D eigenvalue weighted by Gasteiger charge is -2.43. The Morgan fingerprint density at radius 3 is 1.34 bits per heavy atom. The number of fused-ring (bicyclic) bond motifs is 2. The first kappa shape index (κ1) is 55.7. The third-order valence-electron chi connectivity index (χ3n) is 11.8. The summed E-state index contributed by atoms with van der Waals surface area (Å²) >= 11 is 23.9. The van der Waals surface area contributed by atoms with Gasteiger partial charge in [0.1, 0.15) is 48.3 Å². The molecular weight excluding hydrogens is 1020 g/mol. The lowest BCUT2D eigenvalue weighted by molar-refractivity contribution is -0.176. The largest absolute Gasteiger partial charge is 0.505 e. The molecule has 26 heteroatoms. The van der Waals surface area contributed by atoms with Crippen molar-refractivity contribution in [3.05, 3.63) is 61.0 Å². The molecule has 22 nitrogen and oxygen atoms in total. The Hall–Kier alpha value is -6.20. The van der Waals surface area contributed by atoms with E-state index in [1.54, 1.807) is 0 Å². The van der Waals surface area contributed by atoms with Crippen LogP contribution >= 0.6 is 46.4 Å². The quantitative estimate of drug-likeness (QED) is 0.139. The number of Topliss-reactive ketones (excluding diaryl/α,β-unsaturated/α-hetero) is 2. The molecule has 71 heavy (non-hydrogen) atoms. The molecule has 2 aromatic rings. The zero-order chi connectivity index (χ0) is 52.4. The van der Waals surface area contributed by atoms with Gasteiger partial charge in [0.15, 0.2) is 5.75 Å². The molecule has 0 aliphatic carbocycles. The third kappa shape index (κ3) is 13.6. The van der Waals surface area contributed by atoms with E-state index in [0.717, 1.165) is 10.0 Å².